The maximum absolute atomic E-state index is 8.62. The Morgan fingerprint density at radius 2 is 2.06 bits per heavy atom. The third kappa shape index (κ3) is 5.66. The summed E-state index contributed by atoms with van der Waals surface area (Å²) in [7, 11) is 1.68. The van der Waals surface area contributed by atoms with Gasteiger partial charge in [0.05, 0.1) is 13.2 Å². The number of hydrogen-bond acceptors (Lipinski definition) is 5. The summed E-state index contributed by atoms with van der Waals surface area (Å²) in [6.45, 7) is 5.19. The van der Waals surface area contributed by atoms with Gasteiger partial charge in [-0.05, 0) is 32.4 Å². The maximum Gasteiger partial charge on any atom is 0.142 e. The zero-order valence-electron chi connectivity index (χ0n) is 11.2. The van der Waals surface area contributed by atoms with Crippen LogP contribution in [-0.4, -0.2) is 62.5 Å². The predicted molar refractivity (Wildman–Crippen MR) is 69.9 cm³/mol. The third-order valence-electron chi connectivity index (χ3n) is 3.32. The predicted octanol–water partition coefficient (Wildman–Crippen LogP) is 0.498. The molecule has 0 amide bonds. The molecule has 18 heavy (non-hydrogen) atoms. The summed E-state index contributed by atoms with van der Waals surface area (Å²) < 4.78 is 10.3. The van der Waals surface area contributed by atoms with Crippen molar-refractivity contribution in [2.45, 2.75) is 19.3 Å². The van der Waals surface area contributed by atoms with Gasteiger partial charge in [-0.3, -0.25) is 0 Å². The Bertz CT molecular complexity index is 241. The van der Waals surface area contributed by atoms with Crippen molar-refractivity contribution in [1.82, 2.24) is 4.90 Å². The highest BCUT2D eigenvalue weighted by Gasteiger charge is 2.21. The van der Waals surface area contributed by atoms with Gasteiger partial charge in [-0.1, -0.05) is 5.16 Å². The summed E-state index contributed by atoms with van der Waals surface area (Å²) >= 11 is 0. The minimum Gasteiger partial charge on any atom is -0.409 e. The largest absolute Gasteiger partial charge is 0.409 e. The van der Waals surface area contributed by atoms with Crippen LogP contribution >= 0.6 is 0 Å². The second kappa shape index (κ2) is 9.13. The van der Waals surface area contributed by atoms with Crippen LogP contribution in [0.5, 0.6) is 0 Å². The Balaban J connectivity index is 2.02. The topological polar surface area (TPSA) is 80.3 Å². The molecule has 0 spiro atoms. The van der Waals surface area contributed by atoms with Crippen molar-refractivity contribution >= 4 is 5.84 Å². The van der Waals surface area contributed by atoms with Crippen molar-refractivity contribution < 1.29 is 14.7 Å². The van der Waals surface area contributed by atoms with Crippen LogP contribution in [0.4, 0.5) is 0 Å². The van der Waals surface area contributed by atoms with Gasteiger partial charge in [0.2, 0.25) is 0 Å². The Hall–Kier alpha value is -0.850. The molecule has 0 atom stereocenters. The van der Waals surface area contributed by atoms with E-state index in [0.29, 0.717) is 19.0 Å². The number of amidine groups is 1. The molecule has 6 nitrogen and oxygen atoms in total. The Labute approximate surface area is 109 Å². The zero-order chi connectivity index (χ0) is 13.2. The van der Waals surface area contributed by atoms with Gasteiger partial charge in [0.1, 0.15) is 5.84 Å². The van der Waals surface area contributed by atoms with Crippen LogP contribution in [0.2, 0.25) is 0 Å². The van der Waals surface area contributed by atoms with E-state index in [9.17, 15) is 0 Å². The van der Waals surface area contributed by atoms with Gasteiger partial charge >= 0.3 is 0 Å². The van der Waals surface area contributed by atoms with Crippen LogP contribution in [0.15, 0.2) is 5.16 Å². The number of oxime groups is 1. The van der Waals surface area contributed by atoms with E-state index in [0.717, 1.165) is 45.5 Å². The molecular weight excluding hydrogens is 234 g/mol. The molecule has 0 radical (unpaired) electrons. The van der Waals surface area contributed by atoms with E-state index in [2.05, 4.69) is 10.1 Å². The number of rotatable bonds is 8. The van der Waals surface area contributed by atoms with E-state index in [1.54, 1.807) is 7.11 Å². The van der Waals surface area contributed by atoms with Crippen LogP contribution in [0, 0.1) is 5.92 Å². The lowest BCUT2D eigenvalue weighted by molar-refractivity contribution is 0.0637. The molecule has 1 aliphatic rings. The average Bonchev–Trinajstić information content (AvgIpc) is 2.42. The molecule has 0 aromatic heterocycles. The van der Waals surface area contributed by atoms with Crippen molar-refractivity contribution in [2.24, 2.45) is 16.8 Å². The molecule has 0 saturated carbocycles. The smallest absolute Gasteiger partial charge is 0.142 e. The summed E-state index contributed by atoms with van der Waals surface area (Å²) in [5.41, 5.74) is 5.61. The zero-order valence-corrected chi connectivity index (χ0v) is 11.2. The lowest BCUT2D eigenvalue weighted by atomic mass is 9.96. The molecule has 1 heterocycles. The molecule has 0 aliphatic carbocycles. The van der Waals surface area contributed by atoms with Crippen molar-refractivity contribution in [3.05, 3.63) is 0 Å². The molecule has 0 aromatic rings. The van der Waals surface area contributed by atoms with Gasteiger partial charge in [-0.15, -0.1) is 0 Å². The van der Waals surface area contributed by atoms with E-state index in [-0.39, 0.29) is 5.92 Å². The first-order chi connectivity index (χ1) is 8.77. The Kier molecular flexibility index (Phi) is 7.71. The quantitative estimate of drug-likeness (QED) is 0.218. The second-order valence-corrected chi connectivity index (χ2v) is 4.60. The third-order valence-corrected chi connectivity index (χ3v) is 3.32. The summed E-state index contributed by atoms with van der Waals surface area (Å²) in [6.07, 6.45) is 2.98. The summed E-state index contributed by atoms with van der Waals surface area (Å²) in [6, 6.07) is 0. The number of hydrogen-bond donors (Lipinski definition) is 2. The first-order valence-electron chi connectivity index (χ1n) is 6.54. The molecule has 0 aromatic carbocycles. The summed E-state index contributed by atoms with van der Waals surface area (Å²) in [5, 5.41) is 11.7. The molecule has 106 valence electrons. The van der Waals surface area contributed by atoms with Crippen molar-refractivity contribution in [2.75, 3.05) is 46.6 Å². The first-order valence-corrected chi connectivity index (χ1v) is 6.54. The van der Waals surface area contributed by atoms with Crippen LogP contribution < -0.4 is 5.73 Å². The Morgan fingerprint density at radius 1 is 1.33 bits per heavy atom. The van der Waals surface area contributed by atoms with Crippen molar-refractivity contribution in [3.63, 3.8) is 0 Å². The number of ether oxygens (including phenoxy) is 2. The van der Waals surface area contributed by atoms with E-state index in [1.807, 2.05) is 0 Å². The highest BCUT2D eigenvalue weighted by molar-refractivity contribution is 5.82. The van der Waals surface area contributed by atoms with Gasteiger partial charge < -0.3 is 25.3 Å². The number of methoxy groups -OCH3 is 1. The minimum atomic E-state index is 0.240. The second-order valence-electron chi connectivity index (χ2n) is 4.60. The van der Waals surface area contributed by atoms with Gasteiger partial charge in [-0.2, -0.15) is 0 Å². The highest BCUT2D eigenvalue weighted by Crippen LogP contribution is 2.17. The molecule has 1 rings (SSSR count). The molecule has 0 unspecified atom stereocenters. The Morgan fingerprint density at radius 3 is 2.67 bits per heavy atom. The van der Waals surface area contributed by atoms with Crippen LogP contribution in [0.3, 0.4) is 0 Å². The molecule has 3 N–H and O–H groups in total. The van der Waals surface area contributed by atoms with E-state index < -0.39 is 0 Å². The fraction of sp³-hybridized carbons (Fsp3) is 0.917. The SMILES string of the molecule is COCCOCCCN1CCC(C(N)=NO)CC1. The summed E-state index contributed by atoms with van der Waals surface area (Å²) in [5.74, 6) is 0.613. The van der Waals surface area contributed by atoms with Crippen LogP contribution in [0.25, 0.3) is 0 Å². The fourth-order valence-corrected chi connectivity index (χ4v) is 2.17. The standard InChI is InChI=1S/C12H25N3O3/c1-17-9-10-18-8-2-5-15-6-3-11(4-7-15)12(13)14-16/h11,16H,2-10H2,1H3,(H2,13,14). The lowest BCUT2D eigenvalue weighted by Crippen LogP contribution is -2.39. The molecule has 1 fully saturated rings. The van der Waals surface area contributed by atoms with Gasteiger partial charge in [0, 0.05) is 26.2 Å². The van der Waals surface area contributed by atoms with E-state index in [1.165, 1.54) is 0 Å². The van der Waals surface area contributed by atoms with E-state index in [4.69, 9.17) is 20.4 Å². The van der Waals surface area contributed by atoms with E-state index >= 15 is 0 Å². The first kappa shape index (κ1) is 15.2. The fourth-order valence-electron chi connectivity index (χ4n) is 2.17. The number of piperidine rings is 1. The molecule has 1 saturated heterocycles. The normalized spacial score (nSPS) is 19.3. The minimum absolute atomic E-state index is 0.240. The number of nitrogens with zero attached hydrogens (tertiary/aromatic N) is 2. The molecule has 0 bridgehead atoms. The molecule has 6 heteroatoms. The average molecular weight is 259 g/mol. The van der Waals surface area contributed by atoms with Crippen LogP contribution in [-0.2, 0) is 9.47 Å². The van der Waals surface area contributed by atoms with Gasteiger partial charge in [0.25, 0.3) is 0 Å². The highest BCUT2D eigenvalue weighted by atomic mass is 16.5. The lowest BCUT2D eigenvalue weighted by Gasteiger charge is -2.31. The van der Waals surface area contributed by atoms with Crippen molar-refractivity contribution in [1.29, 1.82) is 0 Å². The molecule has 1 aliphatic heterocycles. The van der Waals surface area contributed by atoms with Crippen molar-refractivity contribution in [3.8, 4) is 0 Å². The monoisotopic (exact) mass is 259 g/mol. The summed E-state index contributed by atoms with van der Waals surface area (Å²) in [4.78, 5) is 2.40. The molecular formula is C12H25N3O3. The number of nitrogens with two attached hydrogens (primary N) is 1. The van der Waals surface area contributed by atoms with Crippen LogP contribution in [0.1, 0.15) is 19.3 Å². The number of likely N-dealkylation sites (tertiary alicyclic amines) is 1. The van der Waals surface area contributed by atoms with Gasteiger partial charge in [0.15, 0.2) is 0 Å². The van der Waals surface area contributed by atoms with Gasteiger partial charge in [-0.25, -0.2) is 0 Å². The maximum atomic E-state index is 8.62.